The Morgan fingerprint density at radius 3 is 2.61 bits per heavy atom. The van der Waals surface area contributed by atoms with Gasteiger partial charge in [-0.15, -0.1) is 0 Å². The topological polar surface area (TPSA) is 44.4 Å². The molecule has 2 N–H and O–H groups in total. The van der Waals surface area contributed by atoms with E-state index in [4.69, 9.17) is 0 Å². The molecule has 1 heterocycles. The molecule has 0 spiro atoms. The first-order valence-electron chi connectivity index (χ1n) is 7.79. The molecule has 1 unspecified atom stereocenters. The molecular weight excluding hydrogens is 293 g/mol. The largest absolute Gasteiger partial charge is 0.369 e. The Hall–Kier alpha value is -2.56. The number of carbonyl (C=O) groups excluding carboxylic acids is 1. The lowest BCUT2D eigenvalue weighted by molar-refractivity contribution is 0.237. The smallest absolute Gasteiger partial charge is 0.315 e. The van der Waals surface area contributed by atoms with Crippen molar-refractivity contribution in [3.63, 3.8) is 0 Å². The summed E-state index contributed by atoms with van der Waals surface area (Å²) in [4.78, 5) is 14.2. The monoisotopic (exact) mass is 313 g/mol. The van der Waals surface area contributed by atoms with E-state index in [1.54, 1.807) is 12.1 Å². The van der Waals surface area contributed by atoms with Crippen molar-refractivity contribution in [2.45, 2.75) is 19.0 Å². The fraction of sp³-hybridized carbons (Fsp3) is 0.278. The Morgan fingerprint density at radius 1 is 1.13 bits per heavy atom. The number of carbonyl (C=O) groups is 1. The standard InChI is InChI=1S/C18H20FN3O/c19-15-8-6-14(7-9-15)12-20-18(23)21-16-10-11-22(13-16)17-4-2-1-3-5-17/h1-9,16H,10-13H2,(H2,20,21,23). The normalized spacial score (nSPS) is 17.1. The first kappa shape index (κ1) is 15.3. The summed E-state index contributed by atoms with van der Waals surface area (Å²) in [5.74, 6) is -0.273. The molecule has 0 radical (unpaired) electrons. The maximum Gasteiger partial charge on any atom is 0.315 e. The number of amides is 2. The van der Waals surface area contributed by atoms with Crippen LogP contribution in [0.2, 0.25) is 0 Å². The molecule has 1 aliphatic rings. The van der Waals surface area contributed by atoms with Gasteiger partial charge >= 0.3 is 6.03 Å². The van der Waals surface area contributed by atoms with E-state index in [2.05, 4.69) is 27.7 Å². The van der Waals surface area contributed by atoms with E-state index in [-0.39, 0.29) is 17.9 Å². The van der Waals surface area contributed by atoms with Crippen molar-refractivity contribution in [3.05, 3.63) is 66.0 Å². The SMILES string of the molecule is O=C(NCc1ccc(F)cc1)NC1CCN(c2ccccc2)C1. The van der Waals surface area contributed by atoms with Crippen LogP contribution in [-0.2, 0) is 6.54 Å². The highest BCUT2D eigenvalue weighted by atomic mass is 19.1. The summed E-state index contributed by atoms with van der Waals surface area (Å²) in [6.45, 7) is 2.14. The molecule has 2 aromatic rings. The second-order valence-corrected chi connectivity index (χ2v) is 5.72. The van der Waals surface area contributed by atoms with Crippen LogP contribution >= 0.6 is 0 Å². The summed E-state index contributed by atoms with van der Waals surface area (Å²) in [7, 11) is 0. The lowest BCUT2D eigenvalue weighted by atomic mass is 10.2. The third kappa shape index (κ3) is 4.22. The quantitative estimate of drug-likeness (QED) is 0.911. The van der Waals surface area contributed by atoms with E-state index in [0.717, 1.165) is 25.1 Å². The summed E-state index contributed by atoms with van der Waals surface area (Å²) >= 11 is 0. The van der Waals surface area contributed by atoms with Crippen LogP contribution in [0.4, 0.5) is 14.9 Å². The van der Waals surface area contributed by atoms with Gasteiger partial charge in [0, 0.05) is 31.4 Å². The van der Waals surface area contributed by atoms with Gasteiger partial charge in [0.25, 0.3) is 0 Å². The van der Waals surface area contributed by atoms with Gasteiger partial charge in [0.15, 0.2) is 0 Å². The molecule has 1 aliphatic heterocycles. The van der Waals surface area contributed by atoms with Gasteiger partial charge in [-0.2, -0.15) is 0 Å². The molecular formula is C18H20FN3O. The summed E-state index contributed by atoms with van der Waals surface area (Å²) in [6, 6.07) is 16.3. The van der Waals surface area contributed by atoms with E-state index in [9.17, 15) is 9.18 Å². The van der Waals surface area contributed by atoms with Gasteiger partial charge in [-0.3, -0.25) is 0 Å². The first-order chi connectivity index (χ1) is 11.2. The molecule has 5 heteroatoms. The molecule has 120 valence electrons. The Labute approximate surface area is 135 Å². The molecule has 0 aromatic heterocycles. The predicted octanol–water partition coefficient (Wildman–Crippen LogP) is 2.90. The number of rotatable bonds is 4. The van der Waals surface area contributed by atoms with Crippen LogP contribution in [0.1, 0.15) is 12.0 Å². The van der Waals surface area contributed by atoms with Gasteiger partial charge in [0.2, 0.25) is 0 Å². The summed E-state index contributed by atoms with van der Waals surface area (Å²) < 4.78 is 12.8. The molecule has 4 nitrogen and oxygen atoms in total. The van der Waals surface area contributed by atoms with Gasteiger partial charge in [-0.05, 0) is 36.2 Å². The third-order valence-corrected chi connectivity index (χ3v) is 4.01. The van der Waals surface area contributed by atoms with E-state index in [1.165, 1.54) is 17.8 Å². The summed E-state index contributed by atoms with van der Waals surface area (Å²) in [6.07, 6.45) is 0.929. The number of para-hydroxylation sites is 1. The number of urea groups is 1. The molecule has 0 bridgehead atoms. The highest BCUT2D eigenvalue weighted by Gasteiger charge is 2.23. The van der Waals surface area contributed by atoms with Crippen molar-refractivity contribution in [1.29, 1.82) is 0 Å². The zero-order valence-corrected chi connectivity index (χ0v) is 12.8. The van der Waals surface area contributed by atoms with E-state index >= 15 is 0 Å². The molecule has 1 saturated heterocycles. The van der Waals surface area contributed by atoms with Crippen molar-refractivity contribution in [3.8, 4) is 0 Å². The zero-order valence-electron chi connectivity index (χ0n) is 12.8. The number of halogens is 1. The second-order valence-electron chi connectivity index (χ2n) is 5.72. The fourth-order valence-electron chi connectivity index (χ4n) is 2.77. The van der Waals surface area contributed by atoms with Crippen LogP contribution in [0.3, 0.4) is 0 Å². The lowest BCUT2D eigenvalue weighted by Crippen LogP contribution is -2.43. The molecule has 2 aromatic carbocycles. The zero-order chi connectivity index (χ0) is 16.1. The number of hydrogen-bond acceptors (Lipinski definition) is 2. The number of hydrogen-bond donors (Lipinski definition) is 2. The highest BCUT2D eigenvalue weighted by molar-refractivity contribution is 5.74. The molecule has 3 rings (SSSR count). The molecule has 1 atom stereocenters. The number of nitrogens with one attached hydrogen (secondary N) is 2. The Morgan fingerprint density at radius 2 is 1.87 bits per heavy atom. The van der Waals surface area contributed by atoms with E-state index < -0.39 is 0 Å². The number of nitrogens with zero attached hydrogens (tertiary/aromatic N) is 1. The summed E-state index contributed by atoms with van der Waals surface area (Å²) in [5.41, 5.74) is 2.06. The number of anilines is 1. The molecule has 0 saturated carbocycles. The van der Waals surface area contributed by atoms with E-state index in [0.29, 0.717) is 6.54 Å². The van der Waals surface area contributed by atoms with Gasteiger partial charge in [0.05, 0.1) is 0 Å². The minimum Gasteiger partial charge on any atom is -0.369 e. The van der Waals surface area contributed by atoms with Crippen molar-refractivity contribution in [1.82, 2.24) is 10.6 Å². The molecule has 23 heavy (non-hydrogen) atoms. The van der Waals surface area contributed by atoms with Crippen molar-refractivity contribution in [2.24, 2.45) is 0 Å². The first-order valence-corrected chi connectivity index (χ1v) is 7.79. The van der Waals surface area contributed by atoms with Crippen LogP contribution in [-0.4, -0.2) is 25.2 Å². The van der Waals surface area contributed by atoms with Crippen LogP contribution in [0.25, 0.3) is 0 Å². The van der Waals surface area contributed by atoms with Crippen molar-refractivity contribution >= 4 is 11.7 Å². The molecule has 2 amide bonds. The van der Waals surface area contributed by atoms with Crippen LogP contribution in [0.15, 0.2) is 54.6 Å². The van der Waals surface area contributed by atoms with Crippen molar-refractivity contribution in [2.75, 3.05) is 18.0 Å². The Bertz CT molecular complexity index is 645. The third-order valence-electron chi connectivity index (χ3n) is 4.01. The molecule has 0 aliphatic carbocycles. The molecule has 1 fully saturated rings. The van der Waals surface area contributed by atoms with E-state index in [1.807, 2.05) is 18.2 Å². The van der Waals surface area contributed by atoms with Gasteiger partial charge in [0.1, 0.15) is 5.82 Å². The van der Waals surface area contributed by atoms with Crippen molar-refractivity contribution < 1.29 is 9.18 Å². The van der Waals surface area contributed by atoms with Gasteiger partial charge in [-0.25, -0.2) is 9.18 Å². The fourth-order valence-corrected chi connectivity index (χ4v) is 2.77. The van der Waals surface area contributed by atoms with Gasteiger partial charge < -0.3 is 15.5 Å². The maximum atomic E-state index is 12.8. The average molecular weight is 313 g/mol. The summed E-state index contributed by atoms with van der Waals surface area (Å²) in [5, 5.41) is 5.80. The average Bonchev–Trinajstić information content (AvgIpc) is 3.04. The Kier molecular flexibility index (Phi) is 4.76. The van der Waals surface area contributed by atoms with Crippen LogP contribution in [0.5, 0.6) is 0 Å². The minimum absolute atomic E-state index is 0.142. The van der Waals surface area contributed by atoms with Gasteiger partial charge in [-0.1, -0.05) is 30.3 Å². The second kappa shape index (κ2) is 7.13. The lowest BCUT2D eigenvalue weighted by Gasteiger charge is -2.19. The van der Waals surface area contributed by atoms with Crippen LogP contribution in [0, 0.1) is 5.82 Å². The maximum absolute atomic E-state index is 12.8. The highest BCUT2D eigenvalue weighted by Crippen LogP contribution is 2.19. The number of benzene rings is 2. The van der Waals surface area contributed by atoms with Crippen LogP contribution < -0.4 is 15.5 Å². The minimum atomic E-state index is -0.273. The predicted molar refractivity (Wildman–Crippen MR) is 88.8 cm³/mol. The Balaban J connectivity index is 1.45.